The summed E-state index contributed by atoms with van der Waals surface area (Å²) in [6, 6.07) is 5.20. The van der Waals surface area contributed by atoms with E-state index in [1.807, 2.05) is 18.9 Å². The first-order valence-electron chi connectivity index (χ1n) is 10.2. The highest BCUT2D eigenvalue weighted by Gasteiger charge is 2.33. The van der Waals surface area contributed by atoms with Gasteiger partial charge in [-0.3, -0.25) is 9.55 Å². The van der Waals surface area contributed by atoms with Crippen LogP contribution in [0.25, 0.3) is 0 Å². The third kappa shape index (κ3) is 4.80. The van der Waals surface area contributed by atoms with Crippen LogP contribution in [0.4, 0.5) is 27.8 Å². The van der Waals surface area contributed by atoms with E-state index in [1.54, 1.807) is 6.07 Å². The molecule has 34 heavy (non-hydrogen) atoms. The molecule has 2 aromatic heterocycles. The van der Waals surface area contributed by atoms with Crippen LogP contribution in [-0.4, -0.2) is 27.6 Å². The number of halogens is 5. The zero-order chi connectivity index (χ0) is 24.6. The summed E-state index contributed by atoms with van der Waals surface area (Å²) in [4.78, 5) is 21.2. The number of pyridine rings is 1. The van der Waals surface area contributed by atoms with Gasteiger partial charge in [-0.2, -0.15) is 18.2 Å². The average molecular weight is 482 g/mol. The van der Waals surface area contributed by atoms with Crippen LogP contribution in [0.2, 0.25) is 0 Å². The zero-order valence-corrected chi connectivity index (χ0v) is 18.1. The molecule has 0 bridgehead atoms. The molecule has 0 saturated heterocycles. The minimum atomic E-state index is -4.74. The quantitative estimate of drug-likeness (QED) is 0.498. The van der Waals surface area contributed by atoms with Crippen molar-refractivity contribution in [3.05, 3.63) is 69.9 Å². The number of alkyl halides is 3. The molecule has 0 N–H and O–H groups in total. The molecule has 1 aromatic carbocycles. The Balaban J connectivity index is 1.51. The molecule has 180 valence electrons. The highest BCUT2D eigenvalue weighted by molar-refractivity contribution is 5.44. The molecule has 0 spiro atoms. The Hall–Kier alpha value is -3.70. The monoisotopic (exact) mass is 482 g/mol. The predicted octanol–water partition coefficient (Wildman–Crippen LogP) is 4.54. The number of benzene rings is 1. The van der Waals surface area contributed by atoms with Crippen molar-refractivity contribution in [1.82, 2.24) is 14.5 Å². The third-order valence-corrected chi connectivity index (χ3v) is 5.45. The Kier molecular flexibility index (Phi) is 6.15. The van der Waals surface area contributed by atoms with Crippen LogP contribution in [0, 0.1) is 11.6 Å². The Morgan fingerprint density at radius 2 is 1.85 bits per heavy atom. The van der Waals surface area contributed by atoms with Gasteiger partial charge in [-0.25, -0.2) is 13.6 Å². The lowest BCUT2D eigenvalue weighted by atomic mass is 10.1. The van der Waals surface area contributed by atoms with E-state index in [-0.39, 0.29) is 24.1 Å². The van der Waals surface area contributed by atoms with Crippen LogP contribution in [-0.2, 0) is 19.3 Å². The summed E-state index contributed by atoms with van der Waals surface area (Å²) in [5.74, 6) is -2.97. The first kappa shape index (κ1) is 23.5. The van der Waals surface area contributed by atoms with Crippen molar-refractivity contribution in [1.29, 1.82) is 0 Å². The van der Waals surface area contributed by atoms with Crippen molar-refractivity contribution in [3.63, 3.8) is 0 Å². The van der Waals surface area contributed by atoms with E-state index in [4.69, 9.17) is 9.47 Å². The fourth-order valence-electron chi connectivity index (χ4n) is 3.48. The first-order valence-corrected chi connectivity index (χ1v) is 10.2. The fourth-order valence-corrected chi connectivity index (χ4v) is 3.48. The Bertz CT molecular complexity index is 1260. The van der Waals surface area contributed by atoms with E-state index < -0.39 is 40.7 Å². The van der Waals surface area contributed by atoms with Crippen LogP contribution < -0.4 is 20.1 Å². The second kappa shape index (κ2) is 8.92. The maximum Gasteiger partial charge on any atom is 0.433 e. The fraction of sp³-hybridized carbons (Fsp3) is 0.318. The lowest BCUT2D eigenvalue weighted by Crippen LogP contribution is -2.41. The lowest BCUT2D eigenvalue weighted by Gasteiger charge is -2.34. The number of hydrogen-bond donors (Lipinski definition) is 0. The Morgan fingerprint density at radius 1 is 1.15 bits per heavy atom. The van der Waals surface area contributed by atoms with Crippen LogP contribution in [0.5, 0.6) is 17.4 Å². The zero-order valence-electron chi connectivity index (χ0n) is 18.1. The molecule has 0 saturated carbocycles. The Morgan fingerprint density at radius 3 is 2.53 bits per heavy atom. The standard InChI is InChI=1S/C22H19F5N4O3/c1-12-4-6-31-19(30(12)2)10-18(29-21(31)32)33-11-13-7-15(23)20(16(24)8-13)34-14-3-5-28-17(9-14)22(25,26)27/h3,5,7-10,12H,4,6,11H2,1-2H3/t12-/m1/s1. The van der Waals surface area contributed by atoms with Gasteiger partial charge in [0.05, 0.1) is 0 Å². The smallest absolute Gasteiger partial charge is 0.433 e. The van der Waals surface area contributed by atoms with Gasteiger partial charge in [-0.05, 0) is 37.1 Å². The van der Waals surface area contributed by atoms with Gasteiger partial charge in [0, 0.05) is 38.0 Å². The van der Waals surface area contributed by atoms with Gasteiger partial charge in [0.25, 0.3) is 0 Å². The summed E-state index contributed by atoms with van der Waals surface area (Å²) < 4.78 is 79.4. The molecule has 3 aromatic rings. The largest absolute Gasteiger partial charge is 0.473 e. The molecule has 0 fully saturated rings. The summed E-state index contributed by atoms with van der Waals surface area (Å²) in [7, 11) is 1.84. The summed E-state index contributed by atoms with van der Waals surface area (Å²) in [6.07, 6.45) is -3.13. The number of fused-ring (bicyclic) bond motifs is 1. The molecule has 1 aliphatic heterocycles. The Labute approximate surface area is 190 Å². The summed E-state index contributed by atoms with van der Waals surface area (Å²) in [6.45, 7) is 2.23. The molecule has 0 unspecified atom stereocenters. The molecular formula is C22H19F5N4O3. The molecule has 0 aliphatic carbocycles. The van der Waals surface area contributed by atoms with Crippen molar-refractivity contribution >= 4 is 5.82 Å². The van der Waals surface area contributed by atoms with E-state index >= 15 is 0 Å². The molecule has 12 heteroatoms. The van der Waals surface area contributed by atoms with E-state index in [0.29, 0.717) is 18.4 Å². The maximum absolute atomic E-state index is 14.5. The van der Waals surface area contributed by atoms with Crippen LogP contribution in [0.3, 0.4) is 0 Å². The predicted molar refractivity (Wildman–Crippen MR) is 111 cm³/mol. The summed E-state index contributed by atoms with van der Waals surface area (Å²) in [5.41, 5.74) is -1.69. The number of rotatable bonds is 5. The lowest BCUT2D eigenvalue weighted by molar-refractivity contribution is -0.141. The van der Waals surface area contributed by atoms with Crippen LogP contribution >= 0.6 is 0 Å². The molecule has 1 atom stereocenters. The summed E-state index contributed by atoms with van der Waals surface area (Å²) >= 11 is 0. The minimum absolute atomic E-state index is 0.00481. The van der Waals surface area contributed by atoms with E-state index in [9.17, 15) is 26.7 Å². The SMILES string of the molecule is C[C@@H]1CCn2c(cc(OCc3cc(F)c(Oc4ccnc(C(F)(F)F)c4)c(F)c3)nc2=O)N1C. The second-order valence-electron chi connectivity index (χ2n) is 7.79. The summed E-state index contributed by atoms with van der Waals surface area (Å²) in [5, 5.41) is 0. The number of ether oxygens (including phenoxy) is 2. The molecular weight excluding hydrogens is 463 g/mol. The number of anilines is 1. The van der Waals surface area contributed by atoms with Gasteiger partial charge in [0.15, 0.2) is 17.4 Å². The van der Waals surface area contributed by atoms with Gasteiger partial charge < -0.3 is 14.4 Å². The van der Waals surface area contributed by atoms with Crippen LogP contribution in [0.1, 0.15) is 24.6 Å². The third-order valence-electron chi connectivity index (χ3n) is 5.45. The van der Waals surface area contributed by atoms with Gasteiger partial charge >= 0.3 is 11.9 Å². The topological polar surface area (TPSA) is 69.5 Å². The first-order chi connectivity index (χ1) is 16.0. The average Bonchev–Trinajstić information content (AvgIpc) is 2.77. The van der Waals surface area contributed by atoms with Crippen molar-refractivity contribution in [2.75, 3.05) is 11.9 Å². The van der Waals surface area contributed by atoms with Crippen molar-refractivity contribution < 1.29 is 31.4 Å². The minimum Gasteiger partial charge on any atom is -0.473 e. The van der Waals surface area contributed by atoms with E-state index in [2.05, 4.69) is 9.97 Å². The van der Waals surface area contributed by atoms with Crippen molar-refractivity contribution in [2.45, 2.75) is 38.7 Å². The molecule has 4 rings (SSSR count). The molecule has 0 radical (unpaired) electrons. The highest BCUT2D eigenvalue weighted by atomic mass is 19.4. The van der Waals surface area contributed by atoms with E-state index in [1.165, 1.54) is 4.57 Å². The van der Waals surface area contributed by atoms with Crippen molar-refractivity contribution in [3.8, 4) is 17.4 Å². The van der Waals surface area contributed by atoms with Gasteiger partial charge in [0.2, 0.25) is 5.88 Å². The second-order valence-corrected chi connectivity index (χ2v) is 7.79. The van der Waals surface area contributed by atoms with Gasteiger partial charge in [0.1, 0.15) is 23.9 Å². The number of hydrogen-bond acceptors (Lipinski definition) is 6. The van der Waals surface area contributed by atoms with E-state index in [0.717, 1.165) is 30.8 Å². The van der Waals surface area contributed by atoms with Crippen LogP contribution in [0.15, 0.2) is 41.3 Å². The molecule has 3 heterocycles. The normalized spacial score (nSPS) is 15.7. The molecule has 1 aliphatic rings. The number of aromatic nitrogens is 3. The van der Waals surface area contributed by atoms with Gasteiger partial charge in [-0.1, -0.05) is 0 Å². The molecule has 0 amide bonds. The highest BCUT2D eigenvalue weighted by Crippen LogP contribution is 2.33. The number of nitrogens with zero attached hydrogens (tertiary/aromatic N) is 4. The molecule has 7 nitrogen and oxygen atoms in total. The maximum atomic E-state index is 14.5. The van der Waals surface area contributed by atoms with Crippen molar-refractivity contribution in [2.24, 2.45) is 0 Å². The van der Waals surface area contributed by atoms with Gasteiger partial charge in [-0.15, -0.1) is 0 Å².